The van der Waals surface area contributed by atoms with Gasteiger partial charge < -0.3 is 5.11 Å². The number of rotatable bonds is 2. The van der Waals surface area contributed by atoms with Crippen LogP contribution in [0.15, 0.2) is 23.1 Å². The third-order valence-corrected chi connectivity index (χ3v) is 4.04. The zero-order valence-electron chi connectivity index (χ0n) is 6.27. The summed E-state index contributed by atoms with van der Waals surface area (Å²) in [7, 11) is -3.90. The lowest BCUT2D eigenvalue weighted by Crippen LogP contribution is -2.13. The Bertz CT molecular complexity index is 442. The van der Waals surface area contributed by atoms with Crippen molar-refractivity contribution in [3.05, 3.63) is 21.8 Å². The van der Waals surface area contributed by atoms with Crippen molar-refractivity contribution in [2.24, 2.45) is 5.14 Å². The smallest absolute Gasteiger partial charge is 0.239 e. The quantitative estimate of drug-likeness (QED) is 0.778. The van der Waals surface area contributed by atoms with E-state index in [1.807, 2.05) is 0 Å². The highest BCUT2D eigenvalue weighted by atomic mass is 127. The van der Waals surface area contributed by atoms with Gasteiger partial charge in [0.05, 0.1) is 3.57 Å². The van der Waals surface area contributed by atoms with Gasteiger partial charge >= 0.3 is 0 Å². The van der Waals surface area contributed by atoms with Crippen molar-refractivity contribution in [3.63, 3.8) is 0 Å². The minimum Gasteiger partial charge on any atom is -0.508 e. The van der Waals surface area contributed by atoms with Crippen LogP contribution in [-0.4, -0.2) is 13.5 Å². The van der Waals surface area contributed by atoms with Crippen LogP contribution in [0.2, 0.25) is 0 Å². The first-order valence-corrected chi connectivity index (χ1v) is 6.58. The number of hydrogen-bond donors (Lipinski definition) is 2. The second-order valence-corrected chi connectivity index (χ2v) is 5.37. The van der Waals surface area contributed by atoms with Crippen molar-refractivity contribution >= 4 is 31.2 Å². The molecule has 0 aromatic heterocycles. The molecule has 5 nitrogen and oxygen atoms in total. The number of phenolic OH excluding ortho intramolecular Hbond substituents is 1. The minimum atomic E-state index is -3.90. The molecule has 3 N–H and O–H groups in total. The van der Waals surface area contributed by atoms with Crippen LogP contribution >= 0.6 is 21.2 Å². The molecule has 7 heteroatoms. The Kier molecular flexibility index (Phi) is 2.98. The molecule has 0 heterocycles. The van der Waals surface area contributed by atoms with Crippen LogP contribution in [0.3, 0.4) is 0 Å². The Morgan fingerprint density at radius 2 is 2.00 bits per heavy atom. The lowest BCUT2D eigenvalue weighted by molar-refractivity contribution is 0.473. The normalized spacial score (nSPS) is 11.5. The summed E-state index contributed by atoms with van der Waals surface area (Å²) in [6, 6.07) is 3.54. The van der Waals surface area contributed by atoms with Crippen LogP contribution in [0.1, 0.15) is 0 Å². The molecule has 1 aromatic carbocycles. The van der Waals surface area contributed by atoms with Gasteiger partial charge in [-0.05, 0) is 12.1 Å². The second kappa shape index (κ2) is 3.68. The zero-order valence-corrected chi connectivity index (χ0v) is 9.24. The van der Waals surface area contributed by atoms with E-state index in [0.29, 0.717) is 0 Å². The maximum atomic E-state index is 10.9. The molecular weight excluding hydrogens is 309 g/mol. The van der Waals surface area contributed by atoms with E-state index in [9.17, 15) is 11.5 Å². The SMILES string of the molecule is NS(=O)(=O)c1cc(O)ccc1I=O. The Hall–Kier alpha value is -0.540. The molecule has 0 saturated carbocycles. The van der Waals surface area contributed by atoms with Gasteiger partial charge in [0, 0.05) is 6.07 Å². The third-order valence-electron chi connectivity index (χ3n) is 1.30. The van der Waals surface area contributed by atoms with Gasteiger partial charge in [-0.15, -0.1) is 0 Å². The highest BCUT2D eigenvalue weighted by Crippen LogP contribution is 2.23. The highest BCUT2D eigenvalue weighted by molar-refractivity contribution is 14.1. The summed E-state index contributed by atoms with van der Waals surface area (Å²) in [4.78, 5) is -0.268. The molecule has 0 radical (unpaired) electrons. The van der Waals surface area contributed by atoms with Crippen molar-refractivity contribution in [1.29, 1.82) is 0 Å². The molecule has 72 valence electrons. The van der Waals surface area contributed by atoms with E-state index in [2.05, 4.69) is 0 Å². The summed E-state index contributed by atoms with van der Waals surface area (Å²) in [6.07, 6.45) is 0. The number of phenols is 1. The topological polar surface area (TPSA) is 97.5 Å². The standard InChI is InChI=1S/C6H6INO4S/c8-13(11,12)6-3-4(9)1-2-5(6)7-10/h1-3,9H,(H2,8,11,12). The first-order chi connectivity index (χ1) is 5.95. The monoisotopic (exact) mass is 315 g/mol. The highest BCUT2D eigenvalue weighted by Gasteiger charge is 2.14. The lowest BCUT2D eigenvalue weighted by atomic mass is 10.3. The molecular formula is C6H6INO4S. The van der Waals surface area contributed by atoms with E-state index >= 15 is 0 Å². The molecule has 0 spiro atoms. The molecule has 1 rings (SSSR count). The van der Waals surface area contributed by atoms with Gasteiger partial charge in [0.2, 0.25) is 10.0 Å². The number of hydrogen-bond acceptors (Lipinski definition) is 4. The van der Waals surface area contributed by atoms with Crippen LogP contribution in [-0.2, 0) is 13.1 Å². The molecule has 0 amide bonds. The predicted octanol–water partition coefficient (Wildman–Crippen LogP) is 0.525. The summed E-state index contributed by atoms with van der Waals surface area (Å²) < 4.78 is 32.6. The predicted molar refractivity (Wildman–Crippen MR) is 52.9 cm³/mol. The van der Waals surface area contributed by atoms with Gasteiger partial charge in [-0.2, -0.15) is 0 Å². The molecule has 0 aliphatic carbocycles. The van der Waals surface area contributed by atoms with Gasteiger partial charge in [0.25, 0.3) is 0 Å². The van der Waals surface area contributed by atoms with E-state index in [1.165, 1.54) is 12.1 Å². The molecule has 0 aliphatic heterocycles. The molecule has 0 saturated heterocycles. The molecule has 0 bridgehead atoms. The number of sulfonamides is 1. The summed E-state index contributed by atoms with van der Waals surface area (Å²) in [5.74, 6) is -0.217. The number of benzene rings is 1. The lowest BCUT2D eigenvalue weighted by Gasteiger charge is -2.00. The van der Waals surface area contributed by atoms with E-state index in [4.69, 9.17) is 10.2 Å². The Morgan fingerprint density at radius 3 is 2.46 bits per heavy atom. The fourth-order valence-electron chi connectivity index (χ4n) is 0.774. The molecule has 0 atom stereocenters. The molecule has 0 unspecified atom stereocenters. The van der Waals surface area contributed by atoms with Crippen LogP contribution in [0, 0.1) is 3.57 Å². The third kappa shape index (κ3) is 2.45. The zero-order chi connectivity index (χ0) is 10.1. The first kappa shape index (κ1) is 10.5. The Balaban J connectivity index is 3.50. The van der Waals surface area contributed by atoms with E-state index < -0.39 is 31.2 Å². The number of halogens is 1. The van der Waals surface area contributed by atoms with Crippen molar-refractivity contribution in [3.8, 4) is 5.75 Å². The number of nitrogens with two attached hydrogens (primary N) is 1. The molecule has 13 heavy (non-hydrogen) atoms. The number of primary sulfonamides is 1. The average Bonchev–Trinajstić information content (AvgIpc) is 2.03. The largest absolute Gasteiger partial charge is 0.508 e. The van der Waals surface area contributed by atoms with Crippen LogP contribution in [0.5, 0.6) is 5.75 Å². The summed E-state index contributed by atoms with van der Waals surface area (Å²) in [5, 5.41) is 13.8. The van der Waals surface area contributed by atoms with Gasteiger partial charge in [-0.1, -0.05) is 0 Å². The fourth-order valence-corrected chi connectivity index (χ4v) is 3.23. The Morgan fingerprint density at radius 1 is 1.38 bits per heavy atom. The average molecular weight is 315 g/mol. The van der Waals surface area contributed by atoms with Crippen molar-refractivity contribution in [2.45, 2.75) is 4.90 Å². The summed E-state index contributed by atoms with van der Waals surface area (Å²) >= 11 is -1.61. The maximum absolute atomic E-state index is 10.9. The van der Waals surface area contributed by atoms with Gasteiger partial charge in [-0.25, -0.2) is 13.6 Å². The van der Waals surface area contributed by atoms with Crippen LogP contribution in [0.4, 0.5) is 0 Å². The minimum absolute atomic E-state index is 0.166. The van der Waals surface area contributed by atoms with E-state index in [0.717, 1.165) is 6.07 Å². The Labute approximate surface area is 85.3 Å². The molecule has 0 fully saturated rings. The molecule has 0 aliphatic rings. The van der Waals surface area contributed by atoms with E-state index in [1.54, 1.807) is 0 Å². The van der Waals surface area contributed by atoms with E-state index in [-0.39, 0.29) is 14.2 Å². The second-order valence-electron chi connectivity index (χ2n) is 2.24. The maximum Gasteiger partial charge on any atom is 0.239 e. The van der Waals surface area contributed by atoms with Crippen LogP contribution < -0.4 is 5.14 Å². The van der Waals surface area contributed by atoms with Gasteiger partial charge in [0.1, 0.15) is 10.6 Å². The van der Waals surface area contributed by atoms with Crippen molar-refractivity contribution in [2.75, 3.05) is 0 Å². The van der Waals surface area contributed by atoms with Gasteiger partial charge in [-0.3, -0.25) is 3.07 Å². The number of aromatic hydroxyl groups is 1. The van der Waals surface area contributed by atoms with Gasteiger partial charge in [0.15, 0.2) is 21.2 Å². The fraction of sp³-hybridized carbons (Fsp3) is 0. The van der Waals surface area contributed by atoms with Crippen molar-refractivity contribution in [1.82, 2.24) is 0 Å². The summed E-state index contributed by atoms with van der Waals surface area (Å²) in [5.41, 5.74) is 0. The first-order valence-electron chi connectivity index (χ1n) is 3.08. The molecule has 1 aromatic rings. The van der Waals surface area contributed by atoms with Crippen molar-refractivity contribution < 1.29 is 16.6 Å². The summed E-state index contributed by atoms with van der Waals surface area (Å²) in [6.45, 7) is 0. The van der Waals surface area contributed by atoms with Crippen LogP contribution in [0.25, 0.3) is 0 Å².